The normalized spacial score (nSPS) is 17.5. The molecule has 1 aliphatic carbocycles. The molecule has 1 N–H and O–H groups in total. The van der Waals surface area contributed by atoms with Gasteiger partial charge in [-0.25, -0.2) is 4.39 Å². The lowest BCUT2D eigenvalue weighted by Crippen LogP contribution is -2.12. The molecule has 0 amide bonds. The second-order valence-electron chi connectivity index (χ2n) is 8.77. The number of rotatable bonds is 6. The summed E-state index contributed by atoms with van der Waals surface area (Å²) in [6.07, 6.45) is 4.60. The topological polar surface area (TPSA) is 60.7 Å². The minimum absolute atomic E-state index is 0.0513. The van der Waals surface area contributed by atoms with E-state index in [2.05, 4.69) is 42.7 Å². The Bertz CT molecular complexity index is 1130. The van der Waals surface area contributed by atoms with Gasteiger partial charge in [-0.2, -0.15) is 0 Å². The van der Waals surface area contributed by atoms with E-state index < -0.39 is 0 Å². The number of aryl methyl sites for hydroxylation is 2. The monoisotopic (exact) mass is 479 g/mol. The number of aliphatic hydroxyl groups is 1. The van der Waals surface area contributed by atoms with Crippen molar-refractivity contribution in [3.8, 4) is 11.4 Å². The molecule has 4 rings (SSSR count). The SMILES string of the molecule is COC(=O)[C@H]1CC[C@@H](/C=C(\CO)c2cc(-n3c(C)ccc3C)ccc2OC)C1.Fc1ccccc1. The third kappa shape index (κ3) is 6.61. The highest BCUT2D eigenvalue weighted by molar-refractivity contribution is 5.75. The molecule has 1 aromatic heterocycles. The number of nitrogens with zero attached hydrogens (tertiary/aromatic N) is 1. The Morgan fingerprint density at radius 1 is 1.06 bits per heavy atom. The van der Waals surface area contributed by atoms with E-state index in [0.29, 0.717) is 0 Å². The van der Waals surface area contributed by atoms with Gasteiger partial charge in [0.25, 0.3) is 0 Å². The summed E-state index contributed by atoms with van der Waals surface area (Å²) in [6, 6.07) is 18.2. The molecule has 1 saturated carbocycles. The summed E-state index contributed by atoms with van der Waals surface area (Å²) in [5.74, 6) is 0.607. The average molecular weight is 480 g/mol. The molecule has 6 heteroatoms. The van der Waals surface area contributed by atoms with Crippen molar-refractivity contribution in [2.45, 2.75) is 33.1 Å². The van der Waals surface area contributed by atoms with Crippen molar-refractivity contribution in [1.82, 2.24) is 4.57 Å². The molecule has 3 aromatic rings. The lowest BCUT2D eigenvalue weighted by molar-refractivity contribution is -0.145. The summed E-state index contributed by atoms with van der Waals surface area (Å²) >= 11 is 0. The average Bonchev–Trinajstić information content (AvgIpc) is 3.48. The number of halogens is 1. The number of aliphatic hydroxyl groups excluding tert-OH is 1. The summed E-state index contributed by atoms with van der Waals surface area (Å²) in [5.41, 5.74) is 5.06. The van der Waals surface area contributed by atoms with Crippen LogP contribution >= 0.6 is 0 Å². The van der Waals surface area contributed by atoms with Crippen LogP contribution < -0.4 is 4.74 Å². The number of esters is 1. The van der Waals surface area contributed by atoms with Crippen LogP contribution in [0.4, 0.5) is 4.39 Å². The molecule has 0 bridgehead atoms. The van der Waals surface area contributed by atoms with Crippen molar-refractivity contribution in [1.29, 1.82) is 0 Å². The van der Waals surface area contributed by atoms with Gasteiger partial charge in [-0.1, -0.05) is 24.3 Å². The third-order valence-electron chi connectivity index (χ3n) is 6.41. The number of hydrogen-bond donors (Lipinski definition) is 1. The van der Waals surface area contributed by atoms with E-state index in [1.165, 1.54) is 19.2 Å². The molecule has 5 nitrogen and oxygen atoms in total. The molecule has 0 aliphatic heterocycles. The minimum Gasteiger partial charge on any atom is -0.496 e. The predicted octanol–water partition coefficient (Wildman–Crippen LogP) is 5.89. The zero-order valence-corrected chi connectivity index (χ0v) is 20.8. The van der Waals surface area contributed by atoms with Gasteiger partial charge in [0.15, 0.2) is 0 Å². The van der Waals surface area contributed by atoms with E-state index in [4.69, 9.17) is 9.47 Å². The largest absolute Gasteiger partial charge is 0.496 e. The van der Waals surface area contributed by atoms with Crippen LogP contribution in [0.15, 0.2) is 66.7 Å². The standard InChI is InChI=1S/C23H29NO4.C6H5F/c1-15-5-6-16(2)24(15)20-9-10-22(27-3)21(13-20)19(14-25)12-17-7-8-18(11-17)23(26)28-4;7-6-4-2-1-3-5-6/h5-6,9-10,12-13,17-18,25H,7-8,11,14H2,1-4H3;1-5H/b19-12+;/t17-,18+;/m1./s1. The maximum atomic E-state index is 11.9. The molecule has 0 unspecified atom stereocenters. The lowest BCUT2D eigenvalue weighted by atomic mass is 9.97. The van der Waals surface area contributed by atoms with Gasteiger partial charge in [0, 0.05) is 22.6 Å². The van der Waals surface area contributed by atoms with E-state index in [0.717, 1.165) is 53.2 Å². The predicted molar refractivity (Wildman–Crippen MR) is 136 cm³/mol. The fourth-order valence-corrected chi connectivity index (χ4v) is 4.64. The Morgan fingerprint density at radius 3 is 2.29 bits per heavy atom. The summed E-state index contributed by atoms with van der Waals surface area (Å²) in [7, 11) is 3.08. The van der Waals surface area contributed by atoms with E-state index in [-0.39, 0.29) is 30.2 Å². The third-order valence-corrected chi connectivity index (χ3v) is 6.41. The summed E-state index contributed by atoms with van der Waals surface area (Å²) in [5, 5.41) is 10.1. The molecule has 0 radical (unpaired) electrons. The van der Waals surface area contributed by atoms with E-state index in [9.17, 15) is 14.3 Å². The van der Waals surface area contributed by atoms with Crippen LogP contribution in [-0.2, 0) is 9.53 Å². The number of hydrogen-bond acceptors (Lipinski definition) is 4. The van der Waals surface area contributed by atoms with Gasteiger partial charge in [-0.15, -0.1) is 0 Å². The fraction of sp³-hybridized carbons (Fsp3) is 0.345. The maximum Gasteiger partial charge on any atom is 0.308 e. The number of aromatic nitrogens is 1. The lowest BCUT2D eigenvalue weighted by Gasteiger charge is -2.17. The number of methoxy groups -OCH3 is 2. The quantitative estimate of drug-likeness (QED) is 0.448. The van der Waals surface area contributed by atoms with Crippen molar-refractivity contribution < 1.29 is 23.8 Å². The summed E-state index contributed by atoms with van der Waals surface area (Å²) in [6.45, 7) is 4.07. The first-order valence-corrected chi connectivity index (χ1v) is 11.8. The smallest absolute Gasteiger partial charge is 0.308 e. The molecule has 2 atom stereocenters. The van der Waals surface area contributed by atoms with Crippen molar-refractivity contribution in [3.05, 3.63) is 89.5 Å². The molecule has 0 spiro atoms. The van der Waals surface area contributed by atoms with Crippen LogP contribution in [0.5, 0.6) is 5.75 Å². The number of carbonyl (C=O) groups excluding carboxylic acids is 1. The van der Waals surface area contributed by atoms with Gasteiger partial charge >= 0.3 is 5.97 Å². The highest BCUT2D eigenvalue weighted by atomic mass is 19.1. The van der Waals surface area contributed by atoms with E-state index in [1.807, 2.05) is 12.1 Å². The first kappa shape index (κ1) is 26.2. The zero-order valence-electron chi connectivity index (χ0n) is 20.8. The number of carbonyl (C=O) groups is 1. The molecular weight excluding hydrogens is 445 g/mol. The molecule has 35 heavy (non-hydrogen) atoms. The van der Waals surface area contributed by atoms with Crippen molar-refractivity contribution >= 4 is 11.5 Å². The molecule has 2 aromatic carbocycles. The van der Waals surface area contributed by atoms with Gasteiger partial charge in [0.05, 0.1) is 26.7 Å². The minimum atomic E-state index is -0.178. The van der Waals surface area contributed by atoms with Crippen molar-refractivity contribution in [2.75, 3.05) is 20.8 Å². The number of benzene rings is 2. The van der Waals surface area contributed by atoms with E-state index in [1.54, 1.807) is 25.3 Å². The maximum absolute atomic E-state index is 11.9. The highest BCUT2D eigenvalue weighted by Crippen LogP contribution is 2.36. The van der Waals surface area contributed by atoms with Crippen molar-refractivity contribution in [2.24, 2.45) is 11.8 Å². The summed E-state index contributed by atoms with van der Waals surface area (Å²) < 4.78 is 24.5. The highest BCUT2D eigenvalue weighted by Gasteiger charge is 2.30. The van der Waals surface area contributed by atoms with Crippen LogP contribution in [0, 0.1) is 31.5 Å². The Kier molecular flexibility index (Phi) is 9.26. The van der Waals surface area contributed by atoms with Crippen LogP contribution in [0.3, 0.4) is 0 Å². The van der Waals surface area contributed by atoms with Gasteiger partial charge < -0.3 is 19.1 Å². The Hall–Kier alpha value is -3.38. The summed E-state index contributed by atoms with van der Waals surface area (Å²) in [4.78, 5) is 11.8. The fourth-order valence-electron chi connectivity index (χ4n) is 4.64. The van der Waals surface area contributed by atoms with Crippen LogP contribution in [-0.4, -0.2) is 36.5 Å². The van der Waals surface area contributed by atoms with Gasteiger partial charge in [0.2, 0.25) is 0 Å². The van der Waals surface area contributed by atoms with E-state index >= 15 is 0 Å². The van der Waals surface area contributed by atoms with Crippen LogP contribution in [0.25, 0.3) is 11.3 Å². The molecule has 1 fully saturated rings. The molecular formula is C29H34FNO4. The second kappa shape index (κ2) is 12.4. The zero-order chi connectivity index (χ0) is 25.4. The van der Waals surface area contributed by atoms with Crippen LogP contribution in [0.2, 0.25) is 0 Å². The first-order valence-electron chi connectivity index (χ1n) is 11.8. The molecule has 0 saturated heterocycles. The van der Waals surface area contributed by atoms with Crippen LogP contribution in [0.1, 0.15) is 36.2 Å². The Labute approximate surface area is 206 Å². The van der Waals surface area contributed by atoms with Crippen molar-refractivity contribution in [3.63, 3.8) is 0 Å². The molecule has 1 aliphatic rings. The molecule has 1 heterocycles. The van der Waals surface area contributed by atoms with Gasteiger partial charge in [-0.05, 0) is 87.1 Å². The first-order chi connectivity index (χ1) is 16.9. The number of ether oxygens (including phenoxy) is 2. The Balaban J connectivity index is 0.000000420. The Morgan fingerprint density at radius 2 is 1.74 bits per heavy atom. The second-order valence-corrected chi connectivity index (χ2v) is 8.77. The number of allylic oxidation sites excluding steroid dienone is 1. The van der Waals surface area contributed by atoms with Gasteiger partial charge in [0.1, 0.15) is 11.6 Å². The van der Waals surface area contributed by atoms with Gasteiger partial charge in [-0.3, -0.25) is 4.79 Å². The molecule has 186 valence electrons.